The van der Waals surface area contributed by atoms with Gasteiger partial charge in [0.15, 0.2) is 5.17 Å². The maximum atomic E-state index is 11.7. The van der Waals surface area contributed by atoms with Gasteiger partial charge in [0.05, 0.1) is 18.2 Å². The zero-order valence-corrected chi connectivity index (χ0v) is 13.7. The fraction of sp³-hybridized carbons (Fsp3) is 0.125. The summed E-state index contributed by atoms with van der Waals surface area (Å²) in [7, 11) is 1.24. The number of esters is 1. The van der Waals surface area contributed by atoms with Crippen LogP contribution in [0.15, 0.2) is 58.1 Å². The first kappa shape index (κ1) is 17.5. The number of ether oxygens (including phenoxy) is 2. The summed E-state index contributed by atoms with van der Waals surface area (Å²) in [6.45, 7) is 3.98. The lowest BCUT2D eigenvalue weighted by Crippen LogP contribution is -2.19. The molecule has 1 fully saturated rings. The molecule has 124 valence electrons. The first-order valence-corrected chi connectivity index (χ1v) is 7.68. The van der Waals surface area contributed by atoms with Crippen LogP contribution in [0.4, 0.5) is 0 Å². The molecule has 7 nitrogen and oxygen atoms in total. The molecule has 1 aromatic rings. The molecular weight excluding hydrogens is 330 g/mol. The molecule has 0 unspecified atom stereocenters. The zero-order chi connectivity index (χ0) is 17.4. The lowest BCUT2D eigenvalue weighted by molar-refractivity contribution is -0.135. The van der Waals surface area contributed by atoms with Gasteiger partial charge in [-0.2, -0.15) is 5.10 Å². The number of hydrogen-bond donors (Lipinski definition) is 1. The monoisotopic (exact) mass is 345 g/mol. The molecule has 1 saturated heterocycles. The average Bonchev–Trinajstić information content (AvgIpc) is 2.93. The highest BCUT2D eigenvalue weighted by atomic mass is 32.2. The van der Waals surface area contributed by atoms with Gasteiger partial charge in [0.2, 0.25) is 0 Å². The number of benzene rings is 1. The number of para-hydroxylation sites is 1. The highest BCUT2D eigenvalue weighted by Gasteiger charge is 2.24. The van der Waals surface area contributed by atoms with E-state index in [1.165, 1.54) is 13.3 Å². The van der Waals surface area contributed by atoms with Gasteiger partial charge in [-0.15, -0.1) is 5.10 Å². The summed E-state index contributed by atoms with van der Waals surface area (Å²) in [5, 5.41) is 10.6. The first-order valence-electron chi connectivity index (χ1n) is 6.86. The smallest absolute Gasteiger partial charge is 0.331 e. The molecule has 1 amide bonds. The molecule has 0 aromatic heterocycles. The van der Waals surface area contributed by atoms with Gasteiger partial charge < -0.3 is 9.47 Å². The van der Waals surface area contributed by atoms with Crippen LogP contribution in [0.5, 0.6) is 5.75 Å². The summed E-state index contributed by atoms with van der Waals surface area (Å²) < 4.78 is 9.99. The molecule has 0 aliphatic carbocycles. The third-order valence-electron chi connectivity index (χ3n) is 2.72. The Hall–Kier alpha value is -2.87. The van der Waals surface area contributed by atoms with Crippen LogP contribution in [0, 0.1) is 0 Å². The molecule has 1 aromatic carbocycles. The summed E-state index contributed by atoms with van der Waals surface area (Å²) >= 11 is 1.01. The Labute approximate surface area is 143 Å². The summed E-state index contributed by atoms with van der Waals surface area (Å²) in [6.07, 6.45) is 4.26. The molecule has 0 radical (unpaired) electrons. The van der Waals surface area contributed by atoms with Crippen molar-refractivity contribution in [3.8, 4) is 5.75 Å². The van der Waals surface area contributed by atoms with Gasteiger partial charge >= 0.3 is 5.97 Å². The van der Waals surface area contributed by atoms with E-state index in [1.807, 2.05) is 18.2 Å². The van der Waals surface area contributed by atoms with Crippen molar-refractivity contribution in [2.45, 2.75) is 0 Å². The molecule has 1 aliphatic heterocycles. The lowest BCUT2D eigenvalue weighted by Gasteiger charge is -2.05. The second-order valence-electron chi connectivity index (χ2n) is 4.38. The van der Waals surface area contributed by atoms with Gasteiger partial charge in [0.25, 0.3) is 5.91 Å². The Balaban J connectivity index is 2.08. The molecule has 1 N–H and O–H groups in total. The fourth-order valence-electron chi connectivity index (χ4n) is 1.65. The maximum Gasteiger partial charge on any atom is 0.331 e. The molecule has 0 bridgehead atoms. The minimum Gasteiger partial charge on any atom is -0.489 e. The van der Waals surface area contributed by atoms with E-state index in [1.54, 1.807) is 12.1 Å². The third kappa shape index (κ3) is 4.82. The van der Waals surface area contributed by atoms with Crippen LogP contribution < -0.4 is 10.1 Å². The predicted octanol–water partition coefficient (Wildman–Crippen LogP) is 1.86. The Morgan fingerprint density at radius 1 is 1.42 bits per heavy atom. The van der Waals surface area contributed by atoms with Crippen molar-refractivity contribution in [2.24, 2.45) is 10.2 Å². The van der Waals surface area contributed by atoms with Crippen LogP contribution in [0.3, 0.4) is 0 Å². The van der Waals surface area contributed by atoms with E-state index in [9.17, 15) is 9.59 Å². The van der Waals surface area contributed by atoms with E-state index < -0.39 is 11.9 Å². The van der Waals surface area contributed by atoms with Crippen LogP contribution in [-0.4, -0.2) is 37.0 Å². The Morgan fingerprint density at radius 2 is 2.21 bits per heavy atom. The minimum absolute atomic E-state index is 0.200. The van der Waals surface area contributed by atoms with Gasteiger partial charge in [0.1, 0.15) is 12.4 Å². The Bertz CT molecular complexity index is 741. The van der Waals surface area contributed by atoms with E-state index in [2.05, 4.69) is 26.8 Å². The SMILES string of the molecule is C=CCOc1ccccc1C=N/N=C1/NC(=O)/C(=C\C(=O)OC)S1. The van der Waals surface area contributed by atoms with Crippen LogP contribution in [0.2, 0.25) is 0 Å². The van der Waals surface area contributed by atoms with Crippen LogP contribution in [-0.2, 0) is 14.3 Å². The van der Waals surface area contributed by atoms with E-state index in [0.717, 1.165) is 23.4 Å². The predicted molar refractivity (Wildman–Crippen MR) is 93.0 cm³/mol. The van der Waals surface area contributed by atoms with Crippen LogP contribution >= 0.6 is 11.8 Å². The molecule has 1 aliphatic rings. The molecule has 2 rings (SSSR count). The van der Waals surface area contributed by atoms with Crippen molar-refractivity contribution in [2.75, 3.05) is 13.7 Å². The largest absolute Gasteiger partial charge is 0.489 e. The number of amides is 1. The molecular formula is C16H15N3O4S. The van der Waals surface area contributed by atoms with Crippen molar-refractivity contribution in [1.82, 2.24) is 5.32 Å². The van der Waals surface area contributed by atoms with Crippen molar-refractivity contribution in [1.29, 1.82) is 0 Å². The zero-order valence-electron chi connectivity index (χ0n) is 12.9. The number of carbonyl (C=O) groups is 2. The second-order valence-corrected chi connectivity index (χ2v) is 5.41. The van der Waals surface area contributed by atoms with E-state index in [4.69, 9.17) is 4.74 Å². The summed E-state index contributed by atoms with van der Waals surface area (Å²) in [5.74, 6) is -0.379. The van der Waals surface area contributed by atoms with Gasteiger partial charge in [-0.1, -0.05) is 24.8 Å². The van der Waals surface area contributed by atoms with Gasteiger partial charge in [-0.05, 0) is 23.9 Å². The fourth-order valence-corrected chi connectivity index (χ4v) is 2.39. The first-order chi connectivity index (χ1) is 11.6. The van der Waals surface area contributed by atoms with Crippen LogP contribution in [0.25, 0.3) is 0 Å². The normalized spacial score (nSPS) is 17.3. The average molecular weight is 345 g/mol. The molecule has 24 heavy (non-hydrogen) atoms. The minimum atomic E-state index is -0.606. The lowest BCUT2D eigenvalue weighted by atomic mass is 10.2. The number of rotatable bonds is 6. The highest BCUT2D eigenvalue weighted by Crippen LogP contribution is 2.23. The van der Waals surface area contributed by atoms with E-state index in [0.29, 0.717) is 12.4 Å². The Kier molecular flexibility index (Phi) is 6.32. The number of methoxy groups -OCH3 is 1. The number of thioether (sulfide) groups is 1. The molecule has 0 atom stereocenters. The van der Waals surface area contributed by atoms with E-state index in [-0.39, 0.29) is 10.1 Å². The Morgan fingerprint density at radius 3 is 2.96 bits per heavy atom. The number of hydrogen-bond acceptors (Lipinski definition) is 7. The van der Waals surface area contributed by atoms with Crippen LogP contribution in [0.1, 0.15) is 5.56 Å². The summed E-state index contributed by atoms with van der Waals surface area (Å²) in [6, 6.07) is 7.32. The summed E-state index contributed by atoms with van der Waals surface area (Å²) in [5.41, 5.74) is 0.739. The van der Waals surface area contributed by atoms with Crippen molar-refractivity contribution >= 4 is 35.0 Å². The number of nitrogens with zero attached hydrogens (tertiary/aromatic N) is 2. The molecule has 0 saturated carbocycles. The number of carbonyl (C=O) groups excluding carboxylic acids is 2. The number of nitrogens with one attached hydrogen (secondary N) is 1. The summed E-state index contributed by atoms with van der Waals surface area (Å²) in [4.78, 5) is 23.0. The van der Waals surface area contributed by atoms with Gasteiger partial charge in [-0.25, -0.2) is 4.79 Å². The maximum absolute atomic E-state index is 11.7. The third-order valence-corrected chi connectivity index (χ3v) is 3.62. The standard InChI is InChI=1S/C16H15N3O4S/c1-3-8-23-12-7-5-4-6-11(12)10-17-19-16-18-15(21)13(24-16)9-14(20)22-2/h3-7,9-10H,1,8H2,2H3,(H,18,19,21)/b13-9+,17-10?. The van der Waals surface area contributed by atoms with Crippen molar-refractivity contribution < 1.29 is 19.1 Å². The highest BCUT2D eigenvalue weighted by molar-refractivity contribution is 8.18. The van der Waals surface area contributed by atoms with Crippen molar-refractivity contribution in [3.05, 3.63) is 53.5 Å². The molecule has 1 heterocycles. The quantitative estimate of drug-likeness (QED) is 0.279. The molecule has 8 heteroatoms. The second kappa shape index (κ2) is 8.68. The number of amidine groups is 1. The van der Waals surface area contributed by atoms with E-state index >= 15 is 0 Å². The van der Waals surface area contributed by atoms with Gasteiger partial charge in [0, 0.05) is 11.6 Å². The van der Waals surface area contributed by atoms with Gasteiger partial charge in [-0.3, -0.25) is 10.1 Å². The molecule has 0 spiro atoms. The topological polar surface area (TPSA) is 89.4 Å². The van der Waals surface area contributed by atoms with Crippen molar-refractivity contribution in [3.63, 3.8) is 0 Å².